The zero-order valence-corrected chi connectivity index (χ0v) is 34.0. The summed E-state index contributed by atoms with van der Waals surface area (Å²) in [6, 6.07) is 17.0. The van der Waals surface area contributed by atoms with Crippen LogP contribution in [-0.4, -0.2) is 87.5 Å². The SMILES string of the molecule is CSC(C)(C)C(NC(=O)C(C)N(C)C(=O)OC(C)(C)C)C(=O)NC(Cc1ccc(NC(=O)c2ccc(C(=O)O)cc2)cc1)C(=O)NC1CCCc2ccccc21. The van der Waals surface area contributed by atoms with Gasteiger partial charge in [-0.1, -0.05) is 36.4 Å². The number of carbonyl (C=O) groups is 6. The van der Waals surface area contributed by atoms with E-state index in [0.29, 0.717) is 11.3 Å². The highest BCUT2D eigenvalue weighted by Crippen LogP contribution is 2.30. The van der Waals surface area contributed by atoms with Crippen molar-refractivity contribution >= 4 is 53.1 Å². The minimum absolute atomic E-state index is 0.0651. The molecule has 1 aliphatic rings. The monoisotopic (exact) mass is 787 g/mol. The van der Waals surface area contributed by atoms with E-state index in [4.69, 9.17) is 9.84 Å². The highest BCUT2D eigenvalue weighted by atomic mass is 32.2. The Morgan fingerprint density at radius 2 is 1.48 bits per heavy atom. The van der Waals surface area contributed by atoms with Gasteiger partial charge in [0.2, 0.25) is 17.7 Å². The van der Waals surface area contributed by atoms with Gasteiger partial charge in [0.25, 0.3) is 5.91 Å². The van der Waals surface area contributed by atoms with Gasteiger partial charge in [-0.25, -0.2) is 9.59 Å². The molecular weight excluding hydrogens is 735 g/mol. The summed E-state index contributed by atoms with van der Waals surface area (Å²) in [7, 11) is 1.45. The zero-order valence-electron chi connectivity index (χ0n) is 33.2. The molecule has 3 aromatic rings. The first-order valence-electron chi connectivity index (χ1n) is 18.5. The molecule has 0 spiro atoms. The number of carboxylic acid groups (broad SMARTS) is 1. The topological polar surface area (TPSA) is 183 Å². The molecule has 14 heteroatoms. The molecule has 4 unspecified atom stereocenters. The molecular formula is C42H53N5O8S. The minimum Gasteiger partial charge on any atom is -0.478 e. The first-order valence-corrected chi connectivity index (χ1v) is 19.8. The Balaban J connectivity index is 1.56. The van der Waals surface area contributed by atoms with Crippen molar-refractivity contribution in [3.8, 4) is 0 Å². The van der Waals surface area contributed by atoms with Gasteiger partial charge in [-0.3, -0.25) is 24.1 Å². The van der Waals surface area contributed by atoms with Crippen molar-refractivity contribution in [2.24, 2.45) is 0 Å². The quantitative estimate of drug-likeness (QED) is 0.136. The van der Waals surface area contributed by atoms with Crippen molar-refractivity contribution in [2.45, 2.75) is 102 Å². The molecule has 0 saturated carbocycles. The molecule has 0 radical (unpaired) electrons. The van der Waals surface area contributed by atoms with Gasteiger partial charge < -0.3 is 31.1 Å². The third-order valence-corrected chi connectivity index (χ3v) is 11.1. The van der Waals surface area contributed by atoms with Gasteiger partial charge >= 0.3 is 12.1 Å². The molecule has 0 aliphatic heterocycles. The number of fused-ring (bicyclic) bond motifs is 1. The minimum atomic E-state index is -1.10. The molecule has 13 nitrogen and oxygen atoms in total. The van der Waals surface area contributed by atoms with Gasteiger partial charge in [0.15, 0.2) is 0 Å². The van der Waals surface area contributed by atoms with E-state index in [-0.39, 0.29) is 23.6 Å². The zero-order chi connectivity index (χ0) is 41.4. The van der Waals surface area contributed by atoms with Crippen LogP contribution in [0.15, 0.2) is 72.8 Å². The van der Waals surface area contributed by atoms with E-state index in [1.165, 1.54) is 48.0 Å². The molecule has 0 saturated heterocycles. The molecule has 1 aliphatic carbocycles. The van der Waals surface area contributed by atoms with E-state index >= 15 is 0 Å². The molecule has 0 fully saturated rings. The number of nitrogens with zero attached hydrogens (tertiary/aromatic N) is 1. The van der Waals surface area contributed by atoms with E-state index in [2.05, 4.69) is 27.3 Å². The van der Waals surface area contributed by atoms with E-state index < -0.39 is 64.2 Å². The maximum atomic E-state index is 14.3. The highest BCUT2D eigenvalue weighted by Gasteiger charge is 2.40. The molecule has 4 atom stereocenters. The lowest BCUT2D eigenvalue weighted by atomic mass is 9.87. The van der Waals surface area contributed by atoms with Crippen LogP contribution >= 0.6 is 11.8 Å². The van der Waals surface area contributed by atoms with Gasteiger partial charge in [0, 0.05) is 29.5 Å². The number of aromatic carboxylic acids is 1. The van der Waals surface area contributed by atoms with E-state index in [0.717, 1.165) is 30.4 Å². The number of thioether (sulfide) groups is 1. The lowest BCUT2D eigenvalue weighted by Gasteiger charge is -2.35. The second kappa shape index (κ2) is 18.5. The van der Waals surface area contributed by atoms with Crippen molar-refractivity contribution in [1.29, 1.82) is 0 Å². The van der Waals surface area contributed by atoms with Crippen LogP contribution in [0.5, 0.6) is 0 Å². The summed E-state index contributed by atoms with van der Waals surface area (Å²) in [6.45, 7) is 10.3. The maximum absolute atomic E-state index is 14.3. The molecule has 56 heavy (non-hydrogen) atoms. The first kappa shape index (κ1) is 43.4. The fourth-order valence-electron chi connectivity index (χ4n) is 6.17. The Morgan fingerprint density at radius 3 is 2.09 bits per heavy atom. The summed E-state index contributed by atoms with van der Waals surface area (Å²) in [6.07, 6.45) is 3.76. The van der Waals surface area contributed by atoms with Gasteiger partial charge in [0.05, 0.1) is 11.6 Å². The average Bonchev–Trinajstić information content (AvgIpc) is 3.15. The average molecular weight is 788 g/mol. The van der Waals surface area contributed by atoms with Crippen LogP contribution < -0.4 is 21.3 Å². The third kappa shape index (κ3) is 11.6. The number of benzene rings is 3. The van der Waals surface area contributed by atoms with Crippen LogP contribution in [-0.2, 0) is 32.0 Å². The van der Waals surface area contributed by atoms with Crippen molar-refractivity contribution in [3.63, 3.8) is 0 Å². The Bertz CT molecular complexity index is 1910. The number of hydrogen-bond donors (Lipinski definition) is 5. The first-order chi connectivity index (χ1) is 26.3. The highest BCUT2D eigenvalue weighted by molar-refractivity contribution is 8.00. The number of amides is 5. The van der Waals surface area contributed by atoms with Crippen LogP contribution in [0.25, 0.3) is 0 Å². The third-order valence-electron chi connectivity index (χ3n) is 9.78. The molecule has 5 N–H and O–H groups in total. The molecule has 300 valence electrons. The molecule has 0 heterocycles. The van der Waals surface area contributed by atoms with E-state index in [1.54, 1.807) is 52.0 Å². The second-order valence-corrected chi connectivity index (χ2v) is 16.9. The van der Waals surface area contributed by atoms with Crippen LogP contribution in [0.4, 0.5) is 10.5 Å². The summed E-state index contributed by atoms with van der Waals surface area (Å²) in [5.41, 5.74) is 2.93. The summed E-state index contributed by atoms with van der Waals surface area (Å²) in [5, 5.41) is 20.9. The number of likely N-dealkylation sites (N-methyl/N-ethyl adjacent to an activating group) is 1. The molecule has 0 aromatic heterocycles. The standard InChI is InChI=1S/C42H53N5O8S/c1-25(47(7)40(54)55-41(2,3)4)35(48)46-34(42(5,6)56-8)38(51)45-33(37(50)44-32-15-11-13-27-12-9-10-14-31(27)32)24-26-16-22-30(23-17-26)43-36(49)28-18-20-29(21-19-28)39(52)53/h9-10,12,14,16-23,25,32-34H,11,13,15,24H2,1-8H3,(H,43,49)(H,44,50)(H,45,51)(H,46,48)(H,52,53). The number of anilines is 1. The fraction of sp³-hybridized carbons (Fsp3) is 0.429. The Kier molecular flexibility index (Phi) is 14.3. The number of hydrogen-bond acceptors (Lipinski definition) is 8. The largest absolute Gasteiger partial charge is 0.478 e. The lowest BCUT2D eigenvalue weighted by molar-refractivity contribution is -0.134. The van der Waals surface area contributed by atoms with Gasteiger partial charge in [0.1, 0.15) is 23.7 Å². The molecule has 5 amide bonds. The number of ether oxygens (including phenoxy) is 1. The van der Waals surface area contributed by atoms with Crippen LogP contribution in [0.3, 0.4) is 0 Å². The smallest absolute Gasteiger partial charge is 0.410 e. The number of carboxylic acids is 1. The molecule has 4 rings (SSSR count). The molecule has 3 aromatic carbocycles. The van der Waals surface area contributed by atoms with Gasteiger partial charge in [-0.2, -0.15) is 11.8 Å². The summed E-state index contributed by atoms with van der Waals surface area (Å²) < 4.78 is 4.60. The Morgan fingerprint density at radius 1 is 0.857 bits per heavy atom. The van der Waals surface area contributed by atoms with Crippen LogP contribution in [0, 0.1) is 0 Å². The predicted molar refractivity (Wildman–Crippen MR) is 217 cm³/mol. The number of nitrogens with one attached hydrogen (secondary N) is 4. The number of aryl methyl sites for hydroxylation is 1. The van der Waals surface area contributed by atoms with E-state index in [1.807, 2.05) is 38.3 Å². The number of rotatable bonds is 14. The second-order valence-electron chi connectivity index (χ2n) is 15.5. The van der Waals surface area contributed by atoms with Crippen molar-refractivity contribution in [1.82, 2.24) is 20.9 Å². The van der Waals surface area contributed by atoms with Crippen LogP contribution in [0.1, 0.15) is 97.8 Å². The Labute approximate surface area is 332 Å². The fourth-order valence-corrected chi connectivity index (χ4v) is 6.57. The molecule has 0 bridgehead atoms. The van der Waals surface area contributed by atoms with Crippen molar-refractivity contribution in [2.75, 3.05) is 18.6 Å². The van der Waals surface area contributed by atoms with Crippen molar-refractivity contribution < 1.29 is 38.6 Å². The van der Waals surface area contributed by atoms with Gasteiger partial charge in [-0.15, -0.1) is 0 Å². The van der Waals surface area contributed by atoms with Crippen LogP contribution in [0.2, 0.25) is 0 Å². The summed E-state index contributed by atoms with van der Waals surface area (Å²) in [5.74, 6) is -3.07. The Hall–Kier alpha value is -5.37. The number of carbonyl (C=O) groups excluding carboxylic acids is 5. The maximum Gasteiger partial charge on any atom is 0.410 e. The normalized spacial score (nSPS) is 15.5. The summed E-state index contributed by atoms with van der Waals surface area (Å²) >= 11 is 1.36. The van der Waals surface area contributed by atoms with Crippen molar-refractivity contribution in [3.05, 3.63) is 101 Å². The van der Waals surface area contributed by atoms with E-state index in [9.17, 15) is 28.8 Å². The lowest BCUT2D eigenvalue weighted by Crippen LogP contribution is -2.62. The predicted octanol–water partition coefficient (Wildman–Crippen LogP) is 5.74. The van der Waals surface area contributed by atoms with Gasteiger partial charge in [-0.05, 0) is 120 Å². The summed E-state index contributed by atoms with van der Waals surface area (Å²) in [4.78, 5) is 79.9.